The van der Waals surface area contributed by atoms with Crippen LogP contribution in [0.15, 0.2) is 9.59 Å². The fourth-order valence-corrected chi connectivity index (χ4v) is 3.73. The Kier molecular flexibility index (Phi) is 5.80. The molecule has 1 N–H and O–H groups in total. The molecular formula is C18H28N4O4. The van der Waals surface area contributed by atoms with Gasteiger partial charge in [0.15, 0.2) is 0 Å². The van der Waals surface area contributed by atoms with Crippen molar-refractivity contribution in [2.75, 3.05) is 62.6 Å². The summed E-state index contributed by atoms with van der Waals surface area (Å²) in [5.74, 6) is 0. The van der Waals surface area contributed by atoms with E-state index >= 15 is 0 Å². The average molecular weight is 364 g/mol. The number of anilines is 2. The maximum absolute atomic E-state index is 12.1. The van der Waals surface area contributed by atoms with E-state index in [1.54, 1.807) is 11.8 Å². The van der Waals surface area contributed by atoms with E-state index in [0.29, 0.717) is 31.1 Å². The number of nitrogens with zero attached hydrogens (tertiary/aromatic N) is 3. The maximum atomic E-state index is 12.1. The molecule has 0 atom stereocenters. The molecule has 8 heteroatoms. The second-order valence-electron chi connectivity index (χ2n) is 6.91. The van der Waals surface area contributed by atoms with Crippen molar-refractivity contribution >= 4 is 17.5 Å². The van der Waals surface area contributed by atoms with Gasteiger partial charge in [-0.1, -0.05) is 6.92 Å². The van der Waals surface area contributed by atoms with Crippen molar-refractivity contribution in [2.45, 2.75) is 32.7 Å². The lowest BCUT2D eigenvalue weighted by molar-refractivity contribution is 0.0983. The molecule has 2 heterocycles. The number of nitrogens with one attached hydrogen (secondary N) is 1. The van der Waals surface area contributed by atoms with Crippen molar-refractivity contribution in [1.82, 2.24) is 9.80 Å². The number of carbonyl (C=O) groups excluding carboxylic acids is 1. The number of piperidine rings is 1. The van der Waals surface area contributed by atoms with Crippen molar-refractivity contribution in [3.63, 3.8) is 0 Å². The van der Waals surface area contributed by atoms with Crippen LogP contribution in [0.25, 0.3) is 0 Å². The van der Waals surface area contributed by atoms with Gasteiger partial charge >= 0.3 is 6.09 Å². The fourth-order valence-electron chi connectivity index (χ4n) is 3.73. The van der Waals surface area contributed by atoms with Crippen LogP contribution in [-0.2, 0) is 4.74 Å². The Morgan fingerprint density at radius 3 is 2.27 bits per heavy atom. The minimum atomic E-state index is -0.411. The fraction of sp³-hybridized carbons (Fsp3) is 0.722. The van der Waals surface area contributed by atoms with Crippen LogP contribution in [0.3, 0.4) is 0 Å². The van der Waals surface area contributed by atoms with E-state index in [4.69, 9.17) is 4.74 Å². The van der Waals surface area contributed by atoms with Gasteiger partial charge in [0.1, 0.15) is 11.4 Å². The first kappa shape index (κ1) is 18.7. The summed E-state index contributed by atoms with van der Waals surface area (Å²) in [6.07, 6.45) is 1.19. The van der Waals surface area contributed by atoms with Gasteiger partial charge in [-0.3, -0.25) is 9.59 Å². The first-order valence-electron chi connectivity index (χ1n) is 9.54. The molecule has 1 aromatic carbocycles. The molecule has 0 unspecified atom stereocenters. The molecule has 2 saturated heterocycles. The standard InChI is InChI=1S/C18H28N4O4/c1-3-20-9-11-21(12-10-20)15-14(16(23)17(15)24)19-13-5-7-22(8-6-13)18(25)26-4-2/h13,19H,3-12H2,1-2H3. The Balaban J connectivity index is 1.58. The van der Waals surface area contributed by atoms with Crippen LogP contribution < -0.4 is 21.1 Å². The summed E-state index contributed by atoms with van der Waals surface area (Å²) in [5, 5.41) is 3.27. The van der Waals surface area contributed by atoms with E-state index in [2.05, 4.69) is 17.1 Å². The molecule has 0 aromatic heterocycles. The summed E-state index contributed by atoms with van der Waals surface area (Å²) >= 11 is 0. The lowest BCUT2D eigenvalue weighted by Crippen LogP contribution is -2.52. The van der Waals surface area contributed by atoms with Crippen molar-refractivity contribution in [3.8, 4) is 0 Å². The van der Waals surface area contributed by atoms with Crippen LogP contribution in [-0.4, -0.2) is 74.4 Å². The zero-order chi connectivity index (χ0) is 18.7. The lowest BCUT2D eigenvalue weighted by Gasteiger charge is -2.37. The molecule has 0 bridgehead atoms. The highest BCUT2D eigenvalue weighted by molar-refractivity contribution is 5.75. The average Bonchev–Trinajstić information content (AvgIpc) is 2.68. The van der Waals surface area contributed by atoms with Gasteiger partial charge in [0.25, 0.3) is 10.9 Å². The van der Waals surface area contributed by atoms with Crippen LogP contribution in [0, 0.1) is 0 Å². The highest BCUT2D eigenvalue weighted by atomic mass is 16.6. The van der Waals surface area contributed by atoms with Crippen LogP contribution in [0.2, 0.25) is 0 Å². The van der Waals surface area contributed by atoms with Gasteiger partial charge in [0.2, 0.25) is 0 Å². The second-order valence-corrected chi connectivity index (χ2v) is 6.91. The van der Waals surface area contributed by atoms with Gasteiger partial charge in [-0.25, -0.2) is 4.79 Å². The van der Waals surface area contributed by atoms with E-state index in [9.17, 15) is 14.4 Å². The number of ether oxygens (including phenoxy) is 1. The molecule has 1 aromatic rings. The van der Waals surface area contributed by atoms with Gasteiger partial charge in [0.05, 0.1) is 6.61 Å². The Morgan fingerprint density at radius 2 is 1.69 bits per heavy atom. The third-order valence-corrected chi connectivity index (χ3v) is 5.39. The van der Waals surface area contributed by atoms with Gasteiger partial charge < -0.3 is 24.8 Å². The lowest BCUT2D eigenvalue weighted by atomic mass is 10.0. The number of likely N-dealkylation sites (tertiary alicyclic amines) is 1. The normalized spacial score (nSPS) is 19.8. The quantitative estimate of drug-likeness (QED) is 0.760. The number of hydrogen-bond acceptors (Lipinski definition) is 7. The number of hydrogen-bond donors (Lipinski definition) is 1. The summed E-state index contributed by atoms with van der Waals surface area (Å²) in [7, 11) is 0. The molecule has 2 aliphatic heterocycles. The van der Waals surface area contributed by atoms with E-state index in [1.807, 2.05) is 4.90 Å². The summed E-state index contributed by atoms with van der Waals surface area (Å²) in [5.41, 5.74) is 0.236. The third-order valence-electron chi connectivity index (χ3n) is 5.39. The Hall–Kier alpha value is -2.09. The SMILES string of the molecule is CCOC(=O)N1CCC(Nc2c(N3CCN(CC)CC3)c(=O)c2=O)CC1. The van der Waals surface area contributed by atoms with Gasteiger partial charge in [0, 0.05) is 45.3 Å². The number of rotatable bonds is 5. The molecule has 0 aliphatic carbocycles. The van der Waals surface area contributed by atoms with Crippen LogP contribution in [0.1, 0.15) is 26.7 Å². The van der Waals surface area contributed by atoms with E-state index in [1.165, 1.54) is 0 Å². The summed E-state index contributed by atoms with van der Waals surface area (Å²) in [4.78, 5) is 42.0. The summed E-state index contributed by atoms with van der Waals surface area (Å²) in [6, 6.07) is 0.0969. The highest BCUT2D eigenvalue weighted by Crippen LogP contribution is 2.24. The van der Waals surface area contributed by atoms with E-state index in [-0.39, 0.29) is 17.6 Å². The Morgan fingerprint density at radius 1 is 1.04 bits per heavy atom. The smallest absolute Gasteiger partial charge is 0.409 e. The first-order chi connectivity index (χ1) is 12.5. The highest BCUT2D eigenvalue weighted by Gasteiger charge is 2.31. The van der Waals surface area contributed by atoms with Crippen LogP contribution >= 0.6 is 0 Å². The van der Waals surface area contributed by atoms with Gasteiger partial charge in [-0.05, 0) is 26.3 Å². The molecule has 2 aliphatic rings. The summed E-state index contributed by atoms with van der Waals surface area (Å²) in [6.45, 7) is 9.84. The monoisotopic (exact) mass is 364 g/mol. The maximum Gasteiger partial charge on any atom is 0.409 e. The molecule has 3 rings (SSSR count). The van der Waals surface area contributed by atoms with Crippen LogP contribution in [0.5, 0.6) is 0 Å². The van der Waals surface area contributed by atoms with Crippen molar-refractivity contribution in [3.05, 3.63) is 20.4 Å². The first-order valence-corrected chi connectivity index (χ1v) is 9.54. The topological polar surface area (TPSA) is 82.2 Å². The third kappa shape index (κ3) is 3.70. The molecule has 26 heavy (non-hydrogen) atoms. The molecule has 1 amide bonds. The van der Waals surface area contributed by atoms with Crippen molar-refractivity contribution in [2.24, 2.45) is 0 Å². The summed E-state index contributed by atoms with van der Waals surface area (Å²) < 4.78 is 5.02. The predicted octanol–water partition coefficient (Wildman–Crippen LogP) is 0.457. The molecule has 0 radical (unpaired) electrons. The minimum Gasteiger partial charge on any atom is -0.450 e. The number of piperazine rings is 1. The zero-order valence-electron chi connectivity index (χ0n) is 15.6. The molecular weight excluding hydrogens is 336 g/mol. The van der Waals surface area contributed by atoms with Gasteiger partial charge in [-0.2, -0.15) is 0 Å². The van der Waals surface area contributed by atoms with Crippen LogP contribution in [0.4, 0.5) is 16.2 Å². The zero-order valence-corrected chi connectivity index (χ0v) is 15.6. The van der Waals surface area contributed by atoms with E-state index < -0.39 is 5.43 Å². The number of amides is 1. The number of carbonyl (C=O) groups is 1. The molecule has 2 fully saturated rings. The van der Waals surface area contributed by atoms with Crippen molar-refractivity contribution in [1.29, 1.82) is 0 Å². The van der Waals surface area contributed by atoms with E-state index in [0.717, 1.165) is 45.6 Å². The Bertz CT molecular complexity index is 696. The predicted molar refractivity (Wildman–Crippen MR) is 101 cm³/mol. The molecule has 144 valence electrons. The minimum absolute atomic E-state index is 0.0969. The van der Waals surface area contributed by atoms with Gasteiger partial charge in [-0.15, -0.1) is 0 Å². The second kappa shape index (κ2) is 8.07. The molecule has 8 nitrogen and oxygen atoms in total. The largest absolute Gasteiger partial charge is 0.450 e. The molecule has 0 saturated carbocycles. The molecule has 0 spiro atoms. The Labute approximate surface area is 153 Å². The number of likely N-dealkylation sites (N-methyl/N-ethyl adjacent to an activating group) is 1. The van der Waals surface area contributed by atoms with Crippen molar-refractivity contribution < 1.29 is 9.53 Å².